The van der Waals surface area contributed by atoms with Crippen molar-refractivity contribution in [2.24, 2.45) is 0 Å². The molecule has 0 N–H and O–H groups in total. The van der Waals surface area contributed by atoms with E-state index in [1.165, 1.54) is 6.42 Å². The minimum Gasteiger partial charge on any atom is -0.347 e. The Morgan fingerprint density at radius 2 is 2.12 bits per heavy atom. The molecule has 0 radical (unpaired) electrons. The van der Waals surface area contributed by atoms with E-state index in [0.29, 0.717) is 13.0 Å². The summed E-state index contributed by atoms with van der Waals surface area (Å²) < 4.78 is 11.6. The van der Waals surface area contributed by atoms with Crippen molar-refractivity contribution in [3.63, 3.8) is 0 Å². The average molecular weight is 224 g/mol. The Bertz CT molecular complexity index is 266. The molecule has 0 aromatic rings. The number of allylic oxidation sites excluding steroid dienone is 1. The zero-order chi connectivity index (χ0) is 11.4. The molecule has 0 amide bonds. The highest BCUT2D eigenvalue weighted by Crippen LogP contribution is 2.38. The molecule has 0 bridgehead atoms. The lowest BCUT2D eigenvalue weighted by Gasteiger charge is -2.31. The molecule has 1 saturated heterocycles. The smallest absolute Gasteiger partial charge is 0.169 e. The standard InChI is InChI=1S/C13H20O3/c1-2-3-7-11(14)12-10-15-13(16-12)8-5-4-6-9-13/h2,12H,1,3-10H2/t12-/m1/s1. The average Bonchev–Trinajstić information content (AvgIpc) is 2.71. The molecule has 0 unspecified atom stereocenters. The maximum atomic E-state index is 11.8. The summed E-state index contributed by atoms with van der Waals surface area (Å²) in [5.74, 6) is -0.269. The number of hydrogen-bond acceptors (Lipinski definition) is 3. The first-order chi connectivity index (χ1) is 7.76. The lowest BCUT2D eigenvalue weighted by atomic mass is 9.94. The highest BCUT2D eigenvalue weighted by molar-refractivity contribution is 5.83. The number of carbonyl (C=O) groups is 1. The fourth-order valence-electron chi connectivity index (χ4n) is 2.47. The minimum absolute atomic E-state index is 0.155. The van der Waals surface area contributed by atoms with Gasteiger partial charge in [0.1, 0.15) is 6.10 Å². The normalized spacial score (nSPS) is 28.1. The van der Waals surface area contributed by atoms with Crippen molar-refractivity contribution in [2.45, 2.75) is 56.8 Å². The van der Waals surface area contributed by atoms with Crippen LogP contribution in [0.3, 0.4) is 0 Å². The van der Waals surface area contributed by atoms with Gasteiger partial charge in [0.05, 0.1) is 6.61 Å². The fraction of sp³-hybridized carbons (Fsp3) is 0.769. The third kappa shape index (κ3) is 2.53. The molecule has 3 heteroatoms. The number of ketones is 1. The second-order valence-electron chi connectivity index (χ2n) is 4.68. The van der Waals surface area contributed by atoms with Gasteiger partial charge in [-0.3, -0.25) is 4.79 Å². The largest absolute Gasteiger partial charge is 0.347 e. The Kier molecular flexibility index (Phi) is 3.77. The van der Waals surface area contributed by atoms with Gasteiger partial charge in [0, 0.05) is 19.3 Å². The molecule has 2 fully saturated rings. The maximum absolute atomic E-state index is 11.8. The summed E-state index contributed by atoms with van der Waals surface area (Å²) in [7, 11) is 0. The van der Waals surface area contributed by atoms with Crippen LogP contribution in [-0.2, 0) is 14.3 Å². The molecule has 1 spiro atoms. The molecule has 90 valence electrons. The van der Waals surface area contributed by atoms with E-state index in [2.05, 4.69) is 6.58 Å². The number of Topliss-reactive ketones (excluding diaryl/α,β-unsaturated/α-hetero) is 1. The summed E-state index contributed by atoms with van der Waals surface area (Å²) in [6, 6.07) is 0. The lowest BCUT2D eigenvalue weighted by molar-refractivity contribution is -0.188. The van der Waals surface area contributed by atoms with Gasteiger partial charge in [0.15, 0.2) is 11.6 Å². The van der Waals surface area contributed by atoms with E-state index in [9.17, 15) is 4.79 Å². The monoisotopic (exact) mass is 224 g/mol. The van der Waals surface area contributed by atoms with Gasteiger partial charge in [-0.05, 0) is 19.3 Å². The van der Waals surface area contributed by atoms with E-state index in [0.717, 1.165) is 32.1 Å². The molecule has 2 aliphatic rings. The van der Waals surface area contributed by atoms with Crippen molar-refractivity contribution in [3.8, 4) is 0 Å². The van der Waals surface area contributed by atoms with E-state index < -0.39 is 5.79 Å². The third-order valence-electron chi connectivity index (χ3n) is 3.42. The number of rotatable bonds is 4. The summed E-state index contributed by atoms with van der Waals surface area (Å²) in [6.07, 6.45) is 8.11. The molecule has 1 aliphatic carbocycles. The van der Waals surface area contributed by atoms with Crippen LogP contribution < -0.4 is 0 Å². The second-order valence-corrected chi connectivity index (χ2v) is 4.68. The van der Waals surface area contributed by atoms with Crippen LogP contribution in [0.2, 0.25) is 0 Å². The van der Waals surface area contributed by atoms with Crippen molar-refractivity contribution in [3.05, 3.63) is 12.7 Å². The van der Waals surface area contributed by atoms with Gasteiger partial charge in [0.2, 0.25) is 0 Å². The van der Waals surface area contributed by atoms with Gasteiger partial charge in [-0.2, -0.15) is 0 Å². The quantitative estimate of drug-likeness (QED) is 0.688. The summed E-state index contributed by atoms with van der Waals surface area (Å²) in [4.78, 5) is 11.8. The molecule has 2 rings (SSSR count). The molecule has 0 aromatic carbocycles. The van der Waals surface area contributed by atoms with Crippen LogP contribution in [0, 0.1) is 0 Å². The molecular weight excluding hydrogens is 204 g/mol. The van der Waals surface area contributed by atoms with E-state index in [1.807, 2.05) is 0 Å². The zero-order valence-electron chi connectivity index (χ0n) is 9.74. The Morgan fingerprint density at radius 1 is 1.38 bits per heavy atom. The molecule has 16 heavy (non-hydrogen) atoms. The third-order valence-corrected chi connectivity index (χ3v) is 3.42. The van der Waals surface area contributed by atoms with Crippen LogP contribution in [0.1, 0.15) is 44.9 Å². The number of hydrogen-bond donors (Lipinski definition) is 0. The highest BCUT2D eigenvalue weighted by Gasteiger charge is 2.44. The van der Waals surface area contributed by atoms with Crippen LogP contribution in [0.4, 0.5) is 0 Å². The number of carbonyl (C=O) groups excluding carboxylic acids is 1. The van der Waals surface area contributed by atoms with Gasteiger partial charge in [0.25, 0.3) is 0 Å². The first kappa shape index (κ1) is 11.8. The Hall–Kier alpha value is -0.670. The van der Waals surface area contributed by atoms with Crippen molar-refractivity contribution in [1.29, 1.82) is 0 Å². The van der Waals surface area contributed by atoms with Crippen LogP contribution in [0.5, 0.6) is 0 Å². The van der Waals surface area contributed by atoms with Gasteiger partial charge < -0.3 is 9.47 Å². The highest BCUT2D eigenvalue weighted by atomic mass is 16.7. The van der Waals surface area contributed by atoms with Crippen molar-refractivity contribution in [2.75, 3.05) is 6.61 Å². The topological polar surface area (TPSA) is 35.5 Å². The van der Waals surface area contributed by atoms with E-state index in [4.69, 9.17) is 9.47 Å². The second kappa shape index (κ2) is 5.11. The van der Waals surface area contributed by atoms with Crippen LogP contribution in [0.25, 0.3) is 0 Å². The Balaban J connectivity index is 1.86. The van der Waals surface area contributed by atoms with E-state index in [1.54, 1.807) is 6.08 Å². The minimum atomic E-state index is -0.424. The van der Waals surface area contributed by atoms with Gasteiger partial charge in [-0.15, -0.1) is 6.58 Å². The van der Waals surface area contributed by atoms with Crippen molar-refractivity contribution >= 4 is 5.78 Å². The molecule has 1 atom stereocenters. The molecule has 3 nitrogen and oxygen atoms in total. The maximum Gasteiger partial charge on any atom is 0.169 e. The lowest BCUT2D eigenvalue weighted by Crippen LogP contribution is -2.34. The zero-order valence-corrected chi connectivity index (χ0v) is 9.74. The molecular formula is C13H20O3. The van der Waals surface area contributed by atoms with Gasteiger partial charge >= 0.3 is 0 Å². The van der Waals surface area contributed by atoms with Crippen molar-refractivity contribution in [1.82, 2.24) is 0 Å². The Labute approximate surface area is 96.8 Å². The molecule has 1 aliphatic heterocycles. The van der Waals surface area contributed by atoms with Gasteiger partial charge in [-0.25, -0.2) is 0 Å². The van der Waals surface area contributed by atoms with E-state index in [-0.39, 0.29) is 11.9 Å². The predicted molar refractivity (Wildman–Crippen MR) is 61.1 cm³/mol. The summed E-state index contributed by atoms with van der Waals surface area (Å²) >= 11 is 0. The first-order valence-corrected chi connectivity index (χ1v) is 6.21. The summed E-state index contributed by atoms with van der Waals surface area (Å²) in [6.45, 7) is 4.06. The van der Waals surface area contributed by atoms with Crippen LogP contribution in [-0.4, -0.2) is 24.3 Å². The summed E-state index contributed by atoms with van der Waals surface area (Å²) in [5.41, 5.74) is 0. The van der Waals surface area contributed by atoms with Crippen LogP contribution in [0.15, 0.2) is 12.7 Å². The Morgan fingerprint density at radius 3 is 2.81 bits per heavy atom. The molecule has 0 aromatic heterocycles. The van der Waals surface area contributed by atoms with Crippen LogP contribution >= 0.6 is 0 Å². The van der Waals surface area contributed by atoms with Crippen molar-refractivity contribution < 1.29 is 14.3 Å². The fourth-order valence-corrected chi connectivity index (χ4v) is 2.47. The number of ether oxygens (including phenoxy) is 2. The SMILES string of the molecule is C=CCCC(=O)[C@H]1COC2(CCCCC2)O1. The first-order valence-electron chi connectivity index (χ1n) is 6.21. The summed E-state index contributed by atoms with van der Waals surface area (Å²) in [5, 5.41) is 0. The molecule has 1 heterocycles. The van der Waals surface area contributed by atoms with Gasteiger partial charge in [-0.1, -0.05) is 12.5 Å². The van der Waals surface area contributed by atoms with E-state index >= 15 is 0 Å². The predicted octanol–water partition coefficient (Wildman–Crippen LogP) is 2.60. The molecule has 1 saturated carbocycles.